The van der Waals surface area contributed by atoms with Crippen molar-refractivity contribution in [2.45, 2.75) is 31.7 Å². The maximum atomic E-state index is 11.6. The third-order valence-corrected chi connectivity index (χ3v) is 3.67. The van der Waals surface area contributed by atoms with Gasteiger partial charge in [0.05, 0.1) is 52.9 Å². The van der Waals surface area contributed by atoms with Crippen molar-refractivity contribution < 1.29 is 33.6 Å². The summed E-state index contributed by atoms with van der Waals surface area (Å²) in [4.78, 5) is 22.1. The van der Waals surface area contributed by atoms with E-state index < -0.39 is 12.0 Å². The minimum absolute atomic E-state index is 0.0891. The molecule has 0 aromatic rings. The van der Waals surface area contributed by atoms with Gasteiger partial charge in [0.2, 0.25) is 5.91 Å². The van der Waals surface area contributed by atoms with E-state index in [-0.39, 0.29) is 12.3 Å². The lowest BCUT2D eigenvalue weighted by Gasteiger charge is -2.08. The molecular weight excluding hydrogens is 370 g/mol. The second-order valence-electron chi connectivity index (χ2n) is 6.09. The molecule has 5 N–H and O–H groups in total. The molecule has 0 heterocycles. The second-order valence-corrected chi connectivity index (χ2v) is 6.09. The number of ether oxygens (including phenoxy) is 4. The normalized spacial score (nSPS) is 12.1. The Morgan fingerprint density at radius 3 is 1.93 bits per heavy atom. The number of hydrogen-bond acceptors (Lipinski definition) is 8. The van der Waals surface area contributed by atoms with E-state index in [1.165, 1.54) is 0 Å². The number of unbranched alkanes of at least 4 members (excludes halogenated alkanes) is 1. The minimum Gasteiger partial charge on any atom is -0.480 e. The summed E-state index contributed by atoms with van der Waals surface area (Å²) in [6.45, 7) is 5.34. The number of carbonyl (C=O) groups excluding carboxylic acids is 1. The summed E-state index contributed by atoms with van der Waals surface area (Å²) in [5, 5.41) is 14.4. The molecule has 0 aromatic carbocycles. The number of carbonyl (C=O) groups is 2. The van der Waals surface area contributed by atoms with Crippen LogP contribution in [0.25, 0.3) is 0 Å². The number of hydrogen-bond donors (Lipinski definition) is 4. The first-order chi connectivity index (χ1) is 13.6. The van der Waals surface area contributed by atoms with Gasteiger partial charge in [0.15, 0.2) is 0 Å². The Balaban J connectivity index is 3.21. The first-order valence-corrected chi connectivity index (χ1v) is 9.78. The molecule has 28 heavy (non-hydrogen) atoms. The number of nitrogens with two attached hydrogens (primary N) is 1. The van der Waals surface area contributed by atoms with E-state index in [4.69, 9.17) is 29.8 Å². The van der Waals surface area contributed by atoms with Crippen LogP contribution >= 0.6 is 0 Å². The molecule has 10 nitrogen and oxygen atoms in total. The number of amides is 1. The van der Waals surface area contributed by atoms with E-state index in [0.29, 0.717) is 78.7 Å². The fraction of sp³-hybridized carbons (Fsp3) is 0.889. The van der Waals surface area contributed by atoms with E-state index in [1.54, 1.807) is 0 Å². The van der Waals surface area contributed by atoms with E-state index >= 15 is 0 Å². The van der Waals surface area contributed by atoms with Gasteiger partial charge in [-0.25, -0.2) is 0 Å². The lowest BCUT2D eigenvalue weighted by molar-refractivity contribution is -0.138. The summed E-state index contributed by atoms with van der Waals surface area (Å²) in [6.07, 6.45) is 2.05. The average Bonchev–Trinajstić information content (AvgIpc) is 2.67. The maximum absolute atomic E-state index is 11.6. The van der Waals surface area contributed by atoms with Crippen molar-refractivity contribution in [1.29, 1.82) is 0 Å². The molecule has 0 bridgehead atoms. The molecule has 0 radical (unpaired) electrons. The van der Waals surface area contributed by atoms with Crippen molar-refractivity contribution >= 4 is 11.9 Å². The molecule has 1 amide bonds. The first-order valence-electron chi connectivity index (χ1n) is 9.78. The fourth-order valence-electron chi connectivity index (χ4n) is 2.03. The van der Waals surface area contributed by atoms with Crippen LogP contribution in [0.2, 0.25) is 0 Å². The molecule has 0 rings (SSSR count). The molecule has 0 aliphatic heterocycles. The monoisotopic (exact) mass is 407 g/mol. The molecule has 0 saturated carbocycles. The molecule has 0 saturated heterocycles. The van der Waals surface area contributed by atoms with Crippen LogP contribution in [-0.2, 0) is 28.5 Å². The largest absolute Gasteiger partial charge is 0.480 e. The Morgan fingerprint density at radius 1 is 0.857 bits per heavy atom. The Morgan fingerprint density at radius 2 is 1.39 bits per heavy atom. The van der Waals surface area contributed by atoms with Crippen LogP contribution in [0.15, 0.2) is 0 Å². The predicted octanol–water partition coefficient (Wildman–Crippen LogP) is -0.639. The van der Waals surface area contributed by atoms with Crippen molar-refractivity contribution in [3.63, 3.8) is 0 Å². The topological polar surface area (TPSA) is 141 Å². The number of likely N-dealkylation sites (N-methyl/N-ethyl adjacent to an activating group) is 1. The van der Waals surface area contributed by atoms with Crippen LogP contribution in [0.5, 0.6) is 0 Å². The SMILES string of the molecule is CNCCOCCOCCOCCOCCC(=O)NCCCC[C@H](N)C(=O)O. The van der Waals surface area contributed by atoms with E-state index in [9.17, 15) is 9.59 Å². The highest BCUT2D eigenvalue weighted by Gasteiger charge is 2.10. The van der Waals surface area contributed by atoms with Crippen LogP contribution in [0.1, 0.15) is 25.7 Å². The summed E-state index contributed by atoms with van der Waals surface area (Å²) in [7, 11) is 1.88. The highest BCUT2D eigenvalue weighted by Crippen LogP contribution is 1.98. The molecule has 0 aromatic heterocycles. The Hall–Kier alpha value is -1.30. The lowest BCUT2D eigenvalue weighted by atomic mass is 10.1. The standard InChI is InChI=1S/C18H37N3O7/c1-20-7-9-26-11-13-28-15-14-27-12-10-25-8-5-17(22)21-6-3-2-4-16(19)18(23)24/h16,20H,2-15,19H2,1H3,(H,21,22)(H,23,24)/t16-/m0/s1. The summed E-state index contributed by atoms with van der Waals surface area (Å²) in [6, 6.07) is -0.833. The fourth-order valence-corrected chi connectivity index (χ4v) is 2.03. The zero-order valence-electron chi connectivity index (χ0n) is 17.0. The summed E-state index contributed by atoms with van der Waals surface area (Å²) < 4.78 is 21.4. The molecule has 0 fully saturated rings. The summed E-state index contributed by atoms with van der Waals surface area (Å²) >= 11 is 0. The number of carboxylic acids is 1. The van der Waals surface area contributed by atoms with Gasteiger partial charge in [-0.05, 0) is 26.3 Å². The lowest BCUT2D eigenvalue weighted by Crippen LogP contribution is -2.30. The molecule has 0 aliphatic carbocycles. The van der Waals surface area contributed by atoms with Gasteiger partial charge in [-0.2, -0.15) is 0 Å². The molecule has 166 valence electrons. The third kappa shape index (κ3) is 19.5. The highest BCUT2D eigenvalue weighted by atomic mass is 16.6. The van der Waals surface area contributed by atoms with Crippen molar-refractivity contribution in [2.75, 3.05) is 73.0 Å². The Bertz CT molecular complexity index is 386. The van der Waals surface area contributed by atoms with Crippen LogP contribution < -0.4 is 16.4 Å². The van der Waals surface area contributed by atoms with Gasteiger partial charge in [0.25, 0.3) is 0 Å². The number of rotatable bonds is 21. The molecule has 0 unspecified atom stereocenters. The number of nitrogens with one attached hydrogen (secondary N) is 2. The Labute approximate surface area is 167 Å². The molecule has 0 spiro atoms. The van der Waals surface area contributed by atoms with Crippen LogP contribution in [0.3, 0.4) is 0 Å². The first kappa shape index (κ1) is 26.7. The number of carboxylic acid groups (broad SMARTS) is 1. The third-order valence-electron chi connectivity index (χ3n) is 3.67. The van der Waals surface area contributed by atoms with Gasteiger partial charge < -0.3 is 40.4 Å². The predicted molar refractivity (Wildman–Crippen MR) is 104 cm³/mol. The van der Waals surface area contributed by atoms with Gasteiger partial charge in [-0.1, -0.05) is 0 Å². The van der Waals surface area contributed by atoms with Gasteiger partial charge in [0.1, 0.15) is 6.04 Å². The maximum Gasteiger partial charge on any atom is 0.320 e. The van der Waals surface area contributed by atoms with Gasteiger partial charge in [-0.15, -0.1) is 0 Å². The molecule has 0 aliphatic rings. The smallest absolute Gasteiger partial charge is 0.320 e. The summed E-state index contributed by atoms with van der Waals surface area (Å²) in [5.74, 6) is -1.09. The zero-order chi connectivity index (χ0) is 20.9. The van der Waals surface area contributed by atoms with Crippen molar-refractivity contribution in [3.8, 4) is 0 Å². The van der Waals surface area contributed by atoms with E-state index in [2.05, 4.69) is 10.6 Å². The van der Waals surface area contributed by atoms with Gasteiger partial charge in [0, 0.05) is 19.5 Å². The van der Waals surface area contributed by atoms with Gasteiger partial charge in [-0.3, -0.25) is 9.59 Å². The number of aliphatic carboxylic acids is 1. The zero-order valence-corrected chi connectivity index (χ0v) is 17.0. The quantitative estimate of drug-likeness (QED) is 0.183. The minimum atomic E-state index is -0.997. The van der Waals surface area contributed by atoms with Crippen LogP contribution in [0.4, 0.5) is 0 Å². The van der Waals surface area contributed by atoms with Crippen LogP contribution in [0, 0.1) is 0 Å². The molecule has 1 atom stereocenters. The highest BCUT2D eigenvalue weighted by molar-refractivity contribution is 5.75. The van der Waals surface area contributed by atoms with Crippen molar-refractivity contribution in [3.05, 3.63) is 0 Å². The van der Waals surface area contributed by atoms with Crippen molar-refractivity contribution in [2.24, 2.45) is 5.73 Å². The summed E-state index contributed by atoms with van der Waals surface area (Å²) in [5.41, 5.74) is 5.40. The van der Waals surface area contributed by atoms with E-state index in [0.717, 1.165) is 6.54 Å². The van der Waals surface area contributed by atoms with E-state index in [1.807, 2.05) is 7.05 Å². The van der Waals surface area contributed by atoms with Crippen molar-refractivity contribution in [1.82, 2.24) is 10.6 Å². The van der Waals surface area contributed by atoms with Crippen LogP contribution in [-0.4, -0.2) is 96.0 Å². The second kappa shape index (κ2) is 20.4. The molecular formula is C18H37N3O7. The Kier molecular flexibility index (Phi) is 19.5. The molecule has 10 heteroatoms. The van der Waals surface area contributed by atoms with Gasteiger partial charge >= 0.3 is 5.97 Å². The average molecular weight is 408 g/mol.